The molecule has 0 saturated carbocycles. The van der Waals surface area contributed by atoms with Gasteiger partial charge in [0.15, 0.2) is 6.61 Å². The summed E-state index contributed by atoms with van der Waals surface area (Å²) in [7, 11) is 0. The summed E-state index contributed by atoms with van der Waals surface area (Å²) < 4.78 is 5.44. The van der Waals surface area contributed by atoms with Crippen LogP contribution in [0.25, 0.3) is 22.5 Å². The number of amides is 2. The molecule has 2 heterocycles. The second kappa shape index (κ2) is 8.59. The summed E-state index contributed by atoms with van der Waals surface area (Å²) in [6.07, 6.45) is 0. The molecule has 6 heteroatoms. The highest BCUT2D eigenvalue weighted by molar-refractivity contribution is 6.05. The molecule has 2 N–H and O–H groups in total. The molecule has 0 radical (unpaired) electrons. The van der Waals surface area contributed by atoms with E-state index < -0.39 is 0 Å². The average Bonchev–Trinajstić information content (AvgIpc) is 2.84. The fourth-order valence-electron chi connectivity index (χ4n) is 3.78. The van der Waals surface area contributed by atoms with Crippen LogP contribution in [0.15, 0.2) is 84.9 Å². The number of fused-ring (bicyclic) bond motifs is 1. The summed E-state index contributed by atoms with van der Waals surface area (Å²) >= 11 is 0. The number of rotatable bonds is 4. The van der Waals surface area contributed by atoms with E-state index in [0.717, 1.165) is 28.1 Å². The van der Waals surface area contributed by atoms with Gasteiger partial charge in [0, 0.05) is 22.4 Å². The number of nitrogens with one attached hydrogen (secondary N) is 2. The standard InChI is InChI=1S/C27H21N3O3/c1-17-6-2-3-9-21(17)27(32)28-20-8-4-7-18(14-20)22-10-5-11-23(29-22)19-12-13-25-24(15-19)30-26(31)16-33-25/h2-15H,16H2,1H3,(H,28,32)(H,30,31). The number of pyridine rings is 1. The molecule has 1 aromatic heterocycles. The fraction of sp³-hybridized carbons (Fsp3) is 0.0741. The Morgan fingerprint density at radius 1 is 0.909 bits per heavy atom. The molecule has 3 aromatic carbocycles. The Kier molecular flexibility index (Phi) is 5.32. The lowest BCUT2D eigenvalue weighted by molar-refractivity contribution is -0.118. The molecule has 0 unspecified atom stereocenters. The van der Waals surface area contributed by atoms with E-state index in [1.54, 1.807) is 0 Å². The Hall–Kier alpha value is -4.45. The Morgan fingerprint density at radius 3 is 2.48 bits per heavy atom. The molecule has 5 rings (SSSR count). The zero-order valence-electron chi connectivity index (χ0n) is 18.0. The summed E-state index contributed by atoms with van der Waals surface area (Å²) in [5, 5.41) is 5.80. The van der Waals surface area contributed by atoms with E-state index in [9.17, 15) is 9.59 Å². The van der Waals surface area contributed by atoms with Gasteiger partial charge in [0.1, 0.15) is 5.75 Å². The highest BCUT2D eigenvalue weighted by atomic mass is 16.5. The molecule has 1 aliphatic heterocycles. The van der Waals surface area contributed by atoms with E-state index in [4.69, 9.17) is 9.72 Å². The van der Waals surface area contributed by atoms with Crippen LogP contribution in [0.5, 0.6) is 5.75 Å². The lowest BCUT2D eigenvalue weighted by atomic mass is 10.1. The van der Waals surface area contributed by atoms with Gasteiger partial charge < -0.3 is 15.4 Å². The van der Waals surface area contributed by atoms with Crippen LogP contribution in [0.2, 0.25) is 0 Å². The van der Waals surface area contributed by atoms with Crippen molar-refractivity contribution >= 4 is 23.2 Å². The van der Waals surface area contributed by atoms with Crippen LogP contribution >= 0.6 is 0 Å². The summed E-state index contributed by atoms with van der Waals surface area (Å²) in [5.41, 5.74) is 6.19. The first-order chi connectivity index (χ1) is 16.1. The van der Waals surface area contributed by atoms with E-state index in [-0.39, 0.29) is 18.4 Å². The summed E-state index contributed by atoms with van der Waals surface area (Å²) in [5.74, 6) is 0.322. The normalized spacial score (nSPS) is 12.3. The van der Waals surface area contributed by atoms with Gasteiger partial charge in [-0.25, -0.2) is 4.98 Å². The fourth-order valence-corrected chi connectivity index (χ4v) is 3.78. The molecule has 0 spiro atoms. The first-order valence-corrected chi connectivity index (χ1v) is 10.6. The lowest BCUT2D eigenvalue weighted by Gasteiger charge is -2.18. The van der Waals surface area contributed by atoms with Gasteiger partial charge in [-0.15, -0.1) is 0 Å². The van der Waals surface area contributed by atoms with Crippen LogP contribution in [-0.2, 0) is 4.79 Å². The van der Waals surface area contributed by atoms with Crippen molar-refractivity contribution in [1.29, 1.82) is 0 Å². The summed E-state index contributed by atoms with van der Waals surface area (Å²) in [6, 6.07) is 26.5. The third-order valence-electron chi connectivity index (χ3n) is 5.46. The topological polar surface area (TPSA) is 80.3 Å². The number of carbonyl (C=O) groups is 2. The van der Waals surface area contributed by atoms with Gasteiger partial charge in [-0.3, -0.25) is 9.59 Å². The highest BCUT2D eigenvalue weighted by Gasteiger charge is 2.17. The van der Waals surface area contributed by atoms with Crippen LogP contribution in [0.4, 0.5) is 11.4 Å². The number of hydrogen-bond donors (Lipinski definition) is 2. The van der Waals surface area contributed by atoms with Crippen molar-refractivity contribution in [2.45, 2.75) is 6.92 Å². The minimum Gasteiger partial charge on any atom is -0.482 e. The maximum Gasteiger partial charge on any atom is 0.262 e. The quantitative estimate of drug-likeness (QED) is 0.455. The number of benzene rings is 3. The van der Waals surface area contributed by atoms with E-state index in [2.05, 4.69) is 10.6 Å². The number of hydrogen-bond acceptors (Lipinski definition) is 4. The molecule has 0 aliphatic carbocycles. The van der Waals surface area contributed by atoms with Crippen LogP contribution in [-0.4, -0.2) is 23.4 Å². The zero-order chi connectivity index (χ0) is 22.8. The molecule has 0 bridgehead atoms. The zero-order valence-corrected chi connectivity index (χ0v) is 18.0. The van der Waals surface area contributed by atoms with Crippen molar-refractivity contribution < 1.29 is 14.3 Å². The molecule has 1 aliphatic rings. The molecule has 0 saturated heterocycles. The van der Waals surface area contributed by atoms with Crippen molar-refractivity contribution in [2.75, 3.05) is 17.2 Å². The number of nitrogens with zero attached hydrogens (tertiary/aromatic N) is 1. The van der Waals surface area contributed by atoms with Crippen molar-refractivity contribution in [1.82, 2.24) is 4.98 Å². The van der Waals surface area contributed by atoms with Gasteiger partial charge in [0.25, 0.3) is 11.8 Å². The van der Waals surface area contributed by atoms with E-state index in [1.165, 1.54) is 0 Å². The van der Waals surface area contributed by atoms with Crippen LogP contribution in [0.1, 0.15) is 15.9 Å². The average molecular weight is 435 g/mol. The summed E-state index contributed by atoms with van der Waals surface area (Å²) in [6.45, 7) is 1.94. The minimum atomic E-state index is -0.175. The van der Waals surface area contributed by atoms with E-state index >= 15 is 0 Å². The van der Waals surface area contributed by atoms with Gasteiger partial charge in [0.2, 0.25) is 0 Å². The number of carbonyl (C=O) groups excluding carboxylic acids is 2. The third kappa shape index (κ3) is 4.32. The molecule has 0 atom stereocenters. The Morgan fingerprint density at radius 2 is 1.67 bits per heavy atom. The lowest BCUT2D eigenvalue weighted by Crippen LogP contribution is -2.25. The van der Waals surface area contributed by atoms with E-state index in [0.29, 0.717) is 22.7 Å². The molecule has 33 heavy (non-hydrogen) atoms. The highest BCUT2D eigenvalue weighted by Crippen LogP contribution is 2.33. The third-order valence-corrected chi connectivity index (χ3v) is 5.46. The van der Waals surface area contributed by atoms with E-state index in [1.807, 2.05) is 91.9 Å². The van der Waals surface area contributed by atoms with Crippen molar-refractivity contribution in [2.24, 2.45) is 0 Å². The Labute approximate surface area is 191 Å². The van der Waals surface area contributed by atoms with Gasteiger partial charge >= 0.3 is 0 Å². The molecule has 6 nitrogen and oxygen atoms in total. The van der Waals surface area contributed by atoms with Crippen molar-refractivity contribution in [3.8, 4) is 28.3 Å². The predicted molar refractivity (Wildman–Crippen MR) is 128 cm³/mol. The molecular weight excluding hydrogens is 414 g/mol. The largest absolute Gasteiger partial charge is 0.482 e. The number of anilines is 2. The summed E-state index contributed by atoms with van der Waals surface area (Å²) in [4.78, 5) is 29.2. The Balaban J connectivity index is 1.42. The van der Waals surface area contributed by atoms with Crippen LogP contribution < -0.4 is 15.4 Å². The molecule has 2 amide bonds. The minimum absolute atomic E-state index is 0.0246. The van der Waals surface area contributed by atoms with Gasteiger partial charge in [0.05, 0.1) is 17.1 Å². The molecule has 0 fully saturated rings. The van der Waals surface area contributed by atoms with Gasteiger partial charge in [-0.1, -0.05) is 36.4 Å². The maximum atomic E-state index is 12.7. The second-order valence-electron chi connectivity index (χ2n) is 7.81. The maximum absolute atomic E-state index is 12.7. The second-order valence-corrected chi connectivity index (χ2v) is 7.81. The SMILES string of the molecule is Cc1ccccc1C(=O)Nc1cccc(-c2cccc(-c3ccc4c(c3)NC(=O)CO4)n2)c1. The molecule has 4 aromatic rings. The molecule has 162 valence electrons. The van der Waals surface area contributed by atoms with Crippen LogP contribution in [0, 0.1) is 6.92 Å². The number of ether oxygens (including phenoxy) is 1. The van der Waals surface area contributed by atoms with Gasteiger partial charge in [-0.05, 0) is 61.0 Å². The van der Waals surface area contributed by atoms with Gasteiger partial charge in [-0.2, -0.15) is 0 Å². The number of aryl methyl sites for hydroxylation is 1. The molecular formula is C27H21N3O3. The van der Waals surface area contributed by atoms with Crippen LogP contribution in [0.3, 0.4) is 0 Å². The predicted octanol–water partition coefficient (Wildman–Crippen LogP) is 5.31. The van der Waals surface area contributed by atoms with Crippen molar-refractivity contribution in [3.63, 3.8) is 0 Å². The first-order valence-electron chi connectivity index (χ1n) is 10.6. The first kappa shape index (κ1) is 20.5. The monoisotopic (exact) mass is 435 g/mol. The Bertz CT molecular complexity index is 1380. The number of aromatic nitrogens is 1. The smallest absolute Gasteiger partial charge is 0.262 e. The van der Waals surface area contributed by atoms with Crippen molar-refractivity contribution in [3.05, 3.63) is 96.1 Å².